The molecular formula is C18H16ClN5O5S. The maximum atomic E-state index is 12.8. The zero-order valence-electron chi connectivity index (χ0n) is 15.7. The van der Waals surface area contributed by atoms with Gasteiger partial charge in [-0.2, -0.15) is 0 Å². The molecule has 0 spiro atoms. The van der Waals surface area contributed by atoms with E-state index in [2.05, 4.69) is 10.3 Å². The maximum Gasteiger partial charge on any atom is 0.276 e. The molecule has 1 fully saturated rings. The Morgan fingerprint density at radius 3 is 2.97 bits per heavy atom. The monoisotopic (exact) mass is 449 g/mol. The van der Waals surface area contributed by atoms with Crippen molar-refractivity contribution in [2.75, 3.05) is 6.61 Å². The molecule has 3 aromatic heterocycles. The third-order valence-electron chi connectivity index (χ3n) is 5.21. The minimum absolute atomic E-state index is 0.0861. The summed E-state index contributed by atoms with van der Waals surface area (Å²) in [6.45, 7) is 2.51. The Morgan fingerprint density at radius 1 is 1.40 bits per heavy atom. The van der Waals surface area contributed by atoms with Crippen molar-refractivity contribution in [3.8, 4) is 5.75 Å². The van der Waals surface area contributed by atoms with Crippen molar-refractivity contribution >= 4 is 39.7 Å². The second kappa shape index (κ2) is 6.83. The molecule has 0 aromatic carbocycles. The molecule has 30 heavy (non-hydrogen) atoms. The fourth-order valence-electron chi connectivity index (χ4n) is 3.80. The van der Waals surface area contributed by atoms with Gasteiger partial charge in [0.25, 0.3) is 11.8 Å². The van der Waals surface area contributed by atoms with E-state index in [1.807, 2.05) is 6.92 Å². The van der Waals surface area contributed by atoms with Gasteiger partial charge in [0.15, 0.2) is 22.6 Å². The number of nitrogens with one attached hydrogen (secondary N) is 1. The summed E-state index contributed by atoms with van der Waals surface area (Å²) >= 11 is 7.22. The van der Waals surface area contributed by atoms with E-state index >= 15 is 0 Å². The molecule has 2 aliphatic heterocycles. The molecule has 0 saturated carbocycles. The molecule has 2 N–H and O–H groups in total. The van der Waals surface area contributed by atoms with Gasteiger partial charge in [0.05, 0.1) is 31.4 Å². The Kier molecular flexibility index (Phi) is 4.34. The lowest BCUT2D eigenvalue weighted by Crippen LogP contribution is -2.49. The van der Waals surface area contributed by atoms with Crippen LogP contribution in [0.3, 0.4) is 0 Å². The lowest BCUT2D eigenvalue weighted by atomic mass is 10.1. The van der Waals surface area contributed by atoms with E-state index in [0.717, 1.165) is 0 Å². The summed E-state index contributed by atoms with van der Waals surface area (Å²) in [6.07, 6.45) is 4.23. The maximum absolute atomic E-state index is 12.8. The van der Waals surface area contributed by atoms with Crippen LogP contribution in [0.2, 0.25) is 4.34 Å². The van der Waals surface area contributed by atoms with E-state index in [1.54, 1.807) is 16.8 Å². The minimum atomic E-state index is -0.893. The van der Waals surface area contributed by atoms with E-state index in [9.17, 15) is 19.5 Å². The molecule has 2 amide bonds. The quantitative estimate of drug-likeness (QED) is 0.617. The number of rotatable bonds is 3. The molecule has 0 radical (unpaired) electrons. The third-order valence-corrected chi connectivity index (χ3v) is 6.33. The van der Waals surface area contributed by atoms with E-state index in [4.69, 9.17) is 16.3 Å². The van der Waals surface area contributed by atoms with Gasteiger partial charge in [-0.3, -0.25) is 18.8 Å². The number of halogens is 1. The van der Waals surface area contributed by atoms with Gasteiger partial charge in [-0.05, 0) is 6.92 Å². The van der Waals surface area contributed by atoms with Crippen LogP contribution in [-0.2, 0) is 17.8 Å². The molecule has 5 rings (SSSR count). The third kappa shape index (κ3) is 2.89. The second-order valence-electron chi connectivity index (χ2n) is 7.21. The Hall–Kier alpha value is -2.89. The molecule has 10 nitrogen and oxygen atoms in total. The highest BCUT2D eigenvalue weighted by molar-refractivity contribution is 7.20. The SMILES string of the molecule is C[C@H]1CO[C@@H]2Cn3cc(C(=O)NCc4cn5cc(Cl)sc5n4)c(=O)c(O)c3C(=O)N12. The number of nitrogens with zero attached hydrogens (tertiary/aromatic N) is 4. The predicted octanol–water partition coefficient (Wildman–Crippen LogP) is 1.05. The summed E-state index contributed by atoms with van der Waals surface area (Å²) in [5.41, 5.74) is -0.687. The van der Waals surface area contributed by atoms with Gasteiger partial charge >= 0.3 is 0 Å². The number of aromatic nitrogens is 3. The van der Waals surface area contributed by atoms with Crippen molar-refractivity contribution in [1.82, 2.24) is 24.2 Å². The first-order valence-corrected chi connectivity index (χ1v) is 10.3. The zero-order valence-corrected chi connectivity index (χ0v) is 17.2. The standard InChI is InChI=1S/C18H16ClN5O5S/c1-8-7-29-12-6-22-4-10(14(25)15(26)13(22)17(28)24(8)12)16(27)20-2-9-3-23-5-11(19)30-18(23)21-9/h3-5,8,12,26H,2,6-7H2,1H3,(H,20,27)/t8-,12+/m0/s1. The van der Waals surface area contributed by atoms with Crippen LogP contribution < -0.4 is 10.7 Å². The van der Waals surface area contributed by atoms with Crippen molar-refractivity contribution in [2.24, 2.45) is 0 Å². The van der Waals surface area contributed by atoms with Crippen LogP contribution in [0, 0.1) is 0 Å². The van der Waals surface area contributed by atoms with Gasteiger partial charge in [-0.25, -0.2) is 4.98 Å². The second-order valence-corrected chi connectivity index (χ2v) is 8.85. The largest absolute Gasteiger partial charge is 0.503 e. The number of aromatic hydroxyl groups is 1. The molecule has 12 heteroatoms. The molecule has 1 saturated heterocycles. The molecule has 0 unspecified atom stereocenters. The summed E-state index contributed by atoms with van der Waals surface area (Å²) in [7, 11) is 0. The van der Waals surface area contributed by atoms with Gasteiger partial charge in [-0.15, -0.1) is 0 Å². The number of ether oxygens (including phenoxy) is 1. The highest BCUT2D eigenvalue weighted by atomic mass is 35.5. The first-order valence-electron chi connectivity index (χ1n) is 9.15. The number of fused-ring (bicyclic) bond motifs is 3. The summed E-state index contributed by atoms with van der Waals surface area (Å²) in [5, 5.41) is 13.0. The van der Waals surface area contributed by atoms with Crippen LogP contribution in [0.4, 0.5) is 0 Å². The molecule has 0 aliphatic carbocycles. The lowest BCUT2D eigenvalue weighted by molar-refractivity contribution is 0.00624. The Morgan fingerprint density at radius 2 is 2.20 bits per heavy atom. The molecular weight excluding hydrogens is 434 g/mol. The van der Waals surface area contributed by atoms with Crippen molar-refractivity contribution in [2.45, 2.75) is 32.3 Å². The fraction of sp³-hybridized carbons (Fsp3) is 0.333. The van der Waals surface area contributed by atoms with Crippen LogP contribution in [0.1, 0.15) is 33.5 Å². The van der Waals surface area contributed by atoms with Crippen LogP contribution in [-0.4, -0.2) is 54.6 Å². The van der Waals surface area contributed by atoms with Crippen LogP contribution in [0.5, 0.6) is 5.75 Å². The highest BCUT2D eigenvalue weighted by Crippen LogP contribution is 2.29. The Labute approximate surface area is 178 Å². The Bertz CT molecular complexity index is 1230. The average molecular weight is 450 g/mol. The number of hydrogen-bond donors (Lipinski definition) is 2. The zero-order chi connectivity index (χ0) is 21.2. The molecule has 2 aliphatic rings. The van der Waals surface area contributed by atoms with Crippen molar-refractivity contribution in [1.29, 1.82) is 0 Å². The highest BCUT2D eigenvalue weighted by Gasteiger charge is 2.42. The normalized spacial score (nSPS) is 20.5. The topological polar surface area (TPSA) is 118 Å². The number of carbonyl (C=O) groups excluding carboxylic acids is 2. The van der Waals surface area contributed by atoms with E-state index in [-0.39, 0.29) is 30.4 Å². The molecule has 5 heterocycles. The summed E-state index contributed by atoms with van der Waals surface area (Å²) in [4.78, 5) is 44.5. The first kappa shape index (κ1) is 19.1. The summed E-state index contributed by atoms with van der Waals surface area (Å²) in [5.74, 6) is -1.90. The van der Waals surface area contributed by atoms with Crippen LogP contribution in [0.15, 0.2) is 23.4 Å². The number of thiazole rings is 1. The fourth-order valence-corrected chi connectivity index (χ4v) is 4.83. The molecule has 156 valence electrons. The molecule has 0 bridgehead atoms. The van der Waals surface area contributed by atoms with E-state index < -0.39 is 29.2 Å². The number of pyridine rings is 1. The number of imidazole rings is 1. The number of amides is 2. The molecule has 3 aromatic rings. The van der Waals surface area contributed by atoms with Gasteiger partial charge in [-0.1, -0.05) is 22.9 Å². The van der Waals surface area contributed by atoms with Crippen LogP contribution in [0.25, 0.3) is 4.96 Å². The Balaban J connectivity index is 1.41. The van der Waals surface area contributed by atoms with Gasteiger partial charge in [0, 0.05) is 18.6 Å². The first-order chi connectivity index (χ1) is 14.3. The number of hydrogen-bond acceptors (Lipinski definition) is 7. The van der Waals surface area contributed by atoms with Gasteiger partial charge in [0.2, 0.25) is 5.43 Å². The van der Waals surface area contributed by atoms with Crippen molar-refractivity contribution < 1.29 is 19.4 Å². The average Bonchev–Trinajstić information content (AvgIpc) is 3.35. The van der Waals surface area contributed by atoms with Crippen molar-refractivity contribution in [3.63, 3.8) is 0 Å². The van der Waals surface area contributed by atoms with E-state index in [0.29, 0.717) is 21.6 Å². The minimum Gasteiger partial charge on any atom is -0.503 e. The van der Waals surface area contributed by atoms with Crippen molar-refractivity contribution in [3.05, 3.63) is 50.1 Å². The van der Waals surface area contributed by atoms with E-state index in [1.165, 1.54) is 27.0 Å². The van der Waals surface area contributed by atoms with Gasteiger partial charge < -0.3 is 24.6 Å². The summed E-state index contributed by atoms with van der Waals surface area (Å²) in [6, 6.07) is -0.159. The van der Waals surface area contributed by atoms with Gasteiger partial charge in [0.1, 0.15) is 9.90 Å². The number of carbonyl (C=O) groups is 2. The summed E-state index contributed by atoms with van der Waals surface area (Å²) < 4.78 is 9.35. The predicted molar refractivity (Wildman–Crippen MR) is 107 cm³/mol. The smallest absolute Gasteiger partial charge is 0.276 e. The van der Waals surface area contributed by atoms with Crippen LogP contribution >= 0.6 is 22.9 Å². The molecule has 2 atom stereocenters. The lowest BCUT2D eigenvalue weighted by Gasteiger charge is -2.33.